The molecule has 0 unspecified atom stereocenters. The monoisotopic (exact) mass is 458 g/mol. The second-order valence-electron chi connectivity index (χ2n) is 6.30. The van der Waals surface area contributed by atoms with Gasteiger partial charge in [-0.1, -0.05) is 0 Å². The lowest BCUT2D eigenvalue weighted by Crippen LogP contribution is -2.12. The summed E-state index contributed by atoms with van der Waals surface area (Å²) in [5, 5.41) is 0.668. The zero-order chi connectivity index (χ0) is 20.5. The van der Waals surface area contributed by atoms with Crippen LogP contribution in [0.2, 0.25) is 0 Å². The molecule has 0 saturated carbocycles. The fourth-order valence-electron chi connectivity index (χ4n) is 2.98. The largest absolute Gasteiger partial charge is 0.436 e. The Kier molecular flexibility index (Phi) is 5.10. The molecule has 0 aliphatic carbocycles. The number of hydrogen-bond donors (Lipinski definition) is 0. The Bertz CT molecular complexity index is 1290. The highest BCUT2D eigenvalue weighted by Crippen LogP contribution is 2.29. The van der Waals surface area contributed by atoms with Crippen LogP contribution in [0.1, 0.15) is 16.7 Å². The van der Waals surface area contributed by atoms with E-state index in [4.69, 9.17) is 9.15 Å². The van der Waals surface area contributed by atoms with Crippen LogP contribution < -0.4 is 10.4 Å². The molecule has 0 aliphatic rings. The lowest BCUT2D eigenvalue weighted by molar-refractivity contribution is 0.422. The summed E-state index contributed by atoms with van der Waals surface area (Å²) in [6.07, 6.45) is 2.93. The maximum atomic E-state index is 14.3. The molecular weight excluding hydrogens is 446 g/mol. The van der Waals surface area contributed by atoms with Crippen LogP contribution in [-0.2, 0) is 6.42 Å². The van der Waals surface area contributed by atoms with E-state index in [9.17, 15) is 13.6 Å². The minimum absolute atomic E-state index is 0.0639. The Hall–Kier alpha value is -3.13. The van der Waals surface area contributed by atoms with Crippen LogP contribution in [-0.4, -0.2) is 9.97 Å². The molecule has 0 fully saturated rings. The van der Waals surface area contributed by atoms with Crippen molar-refractivity contribution in [3.05, 3.63) is 92.1 Å². The highest BCUT2D eigenvalue weighted by Gasteiger charge is 2.16. The highest BCUT2D eigenvalue weighted by atomic mass is 79.9. The topological polar surface area (TPSA) is 65.2 Å². The molecule has 8 heteroatoms. The van der Waals surface area contributed by atoms with E-state index < -0.39 is 17.3 Å². The van der Waals surface area contributed by atoms with Gasteiger partial charge in [0.1, 0.15) is 15.9 Å². The molecule has 0 radical (unpaired) electrons. The van der Waals surface area contributed by atoms with E-state index in [2.05, 4.69) is 25.9 Å². The van der Waals surface area contributed by atoms with E-state index in [1.54, 1.807) is 19.1 Å². The first-order valence-corrected chi connectivity index (χ1v) is 9.37. The summed E-state index contributed by atoms with van der Waals surface area (Å²) in [5.41, 5.74) is 1.04. The second-order valence-corrected chi connectivity index (χ2v) is 7.05. The molecular formula is C21H13BrF2N2O3. The second kappa shape index (κ2) is 7.71. The van der Waals surface area contributed by atoms with E-state index in [0.29, 0.717) is 22.1 Å². The van der Waals surface area contributed by atoms with E-state index in [-0.39, 0.29) is 28.2 Å². The van der Waals surface area contributed by atoms with Crippen LogP contribution in [0.4, 0.5) is 8.78 Å². The number of aromatic nitrogens is 2. The van der Waals surface area contributed by atoms with Gasteiger partial charge in [-0.3, -0.25) is 0 Å². The summed E-state index contributed by atoms with van der Waals surface area (Å²) < 4.78 is 39.0. The summed E-state index contributed by atoms with van der Waals surface area (Å²) in [7, 11) is 0. The SMILES string of the molecule is Cc1c(Cc2ccnc(Br)c2F)c(=O)oc2cc(Oc3ncccc3F)ccc12. The van der Waals surface area contributed by atoms with Crippen LogP contribution in [0, 0.1) is 18.6 Å². The maximum Gasteiger partial charge on any atom is 0.340 e. The van der Waals surface area contributed by atoms with Gasteiger partial charge in [0, 0.05) is 35.8 Å². The maximum absolute atomic E-state index is 14.3. The van der Waals surface area contributed by atoms with Crippen molar-refractivity contribution >= 4 is 26.9 Å². The molecule has 0 amide bonds. The van der Waals surface area contributed by atoms with Crippen molar-refractivity contribution in [2.45, 2.75) is 13.3 Å². The Morgan fingerprint density at radius 2 is 1.97 bits per heavy atom. The van der Waals surface area contributed by atoms with Crippen LogP contribution >= 0.6 is 15.9 Å². The van der Waals surface area contributed by atoms with Gasteiger partial charge in [0.2, 0.25) is 0 Å². The number of halogens is 3. The van der Waals surface area contributed by atoms with Crippen LogP contribution in [0.5, 0.6) is 11.6 Å². The predicted octanol–water partition coefficient (Wildman–Crippen LogP) is 5.32. The van der Waals surface area contributed by atoms with E-state index >= 15 is 0 Å². The van der Waals surface area contributed by atoms with Crippen molar-refractivity contribution in [2.75, 3.05) is 0 Å². The molecule has 4 aromatic rings. The minimum atomic E-state index is -0.605. The molecule has 29 heavy (non-hydrogen) atoms. The zero-order valence-electron chi connectivity index (χ0n) is 15.1. The Labute approximate surface area is 172 Å². The van der Waals surface area contributed by atoms with E-state index in [0.717, 1.165) is 0 Å². The van der Waals surface area contributed by atoms with Crippen molar-refractivity contribution in [1.29, 1.82) is 0 Å². The number of benzene rings is 1. The van der Waals surface area contributed by atoms with Crippen molar-refractivity contribution < 1.29 is 17.9 Å². The van der Waals surface area contributed by atoms with Gasteiger partial charge in [-0.05, 0) is 64.3 Å². The van der Waals surface area contributed by atoms with Gasteiger partial charge in [-0.2, -0.15) is 0 Å². The lowest BCUT2D eigenvalue weighted by atomic mass is 10.00. The van der Waals surface area contributed by atoms with Gasteiger partial charge in [-0.15, -0.1) is 0 Å². The van der Waals surface area contributed by atoms with Crippen LogP contribution in [0.3, 0.4) is 0 Å². The third-order valence-electron chi connectivity index (χ3n) is 4.49. The molecule has 0 atom stereocenters. The Balaban J connectivity index is 1.73. The Morgan fingerprint density at radius 1 is 1.14 bits per heavy atom. The average molecular weight is 459 g/mol. The molecule has 0 saturated heterocycles. The summed E-state index contributed by atoms with van der Waals surface area (Å²) in [5.74, 6) is -1.03. The van der Waals surface area contributed by atoms with Gasteiger partial charge in [0.15, 0.2) is 11.6 Å². The third-order valence-corrected chi connectivity index (χ3v) is 5.04. The molecule has 146 valence electrons. The summed E-state index contributed by atoms with van der Waals surface area (Å²) in [6, 6.07) is 9.02. The minimum Gasteiger partial charge on any atom is -0.436 e. The molecule has 1 aromatic carbocycles. The lowest BCUT2D eigenvalue weighted by Gasteiger charge is -2.10. The standard InChI is InChI=1S/C21H13BrF2N2O3/c1-11-14-5-4-13(28-20-16(23)3-2-7-26-20)10-17(14)29-21(27)15(11)9-12-6-8-25-19(22)18(12)24/h2-8,10H,9H2,1H3. The fourth-order valence-corrected chi connectivity index (χ4v) is 3.36. The first-order chi connectivity index (χ1) is 13.9. The molecule has 0 N–H and O–H groups in total. The smallest absolute Gasteiger partial charge is 0.340 e. The van der Waals surface area contributed by atoms with Gasteiger partial charge in [0.05, 0.1) is 0 Å². The molecule has 0 aliphatic heterocycles. The number of nitrogens with zero attached hydrogens (tertiary/aromatic N) is 2. The number of aryl methyl sites for hydroxylation is 1. The van der Waals surface area contributed by atoms with Crippen LogP contribution in [0.25, 0.3) is 11.0 Å². The van der Waals surface area contributed by atoms with Crippen molar-refractivity contribution in [1.82, 2.24) is 9.97 Å². The highest BCUT2D eigenvalue weighted by molar-refractivity contribution is 9.10. The third kappa shape index (κ3) is 3.75. The molecule has 4 rings (SSSR count). The number of ether oxygens (including phenoxy) is 1. The first-order valence-electron chi connectivity index (χ1n) is 8.57. The number of hydrogen-bond acceptors (Lipinski definition) is 5. The number of fused-ring (bicyclic) bond motifs is 1. The molecule has 3 aromatic heterocycles. The fraction of sp³-hybridized carbons (Fsp3) is 0.0952. The number of pyridine rings is 2. The predicted molar refractivity (Wildman–Crippen MR) is 106 cm³/mol. The van der Waals surface area contributed by atoms with Crippen molar-refractivity contribution in [3.8, 4) is 11.6 Å². The average Bonchev–Trinajstić information content (AvgIpc) is 2.70. The molecule has 0 spiro atoms. The summed E-state index contributed by atoms with van der Waals surface area (Å²) >= 11 is 3.04. The first kappa shape index (κ1) is 19.2. The summed E-state index contributed by atoms with van der Waals surface area (Å²) in [4.78, 5) is 20.2. The Morgan fingerprint density at radius 3 is 2.76 bits per heavy atom. The van der Waals surface area contributed by atoms with Crippen molar-refractivity contribution in [3.63, 3.8) is 0 Å². The van der Waals surface area contributed by atoms with Gasteiger partial charge in [-0.25, -0.2) is 23.5 Å². The van der Waals surface area contributed by atoms with Crippen molar-refractivity contribution in [2.24, 2.45) is 0 Å². The van der Waals surface area contributed by atoms with Crippen LogP contribution in [0.15, 0.2) is 62.6 Å². The molecule has 3 heterocycles. The van der Waals surface area contributed by atoms with E-state index in [1.165, 1.54) is 36.7 Å². The molecule has 0 bridgehead atoms. The number of rotatable bonds is 4. The van der Waals surface area contributed by atoms with E-state index in [1.807, 2.05) is 0 Å². The zero-order valence-corrected chi connectivity index (χ0v) is 16.7. The quantitative estimate of drug-likeness (QED) is 0.306. The van der Waals surface area contributed by atoms with Gasteiger partial charge in [0.25, 0.3) is 5.88 Å². The van der Waals surface area contributed by atoms with Gasteiger partial charge < -0.3 is 9.15 Å². The van der Waals surface area contributed by atoms with Gasteiger partial charge >= 0.3 is 5.63 Å². The normalized spacial score (nSPS) is 11.0. The molecule has 5 nitrogen and oxygen atoms in total. The summed E-state index contributed by atoms with van der Waals surface area (Å²) in [6.45, 7) is 1.77.